The molecule has 2 aromatic heterocycles. The number of anilines is 2. The summed E-state index contributed by atoms with van der Waals surface area (Å²) in [5, 5.41) is 7.18. The van der Waals surface area contributed by atoms with Crippen LogP contribution in [-0.2, 0) is 0 Å². The molecule has 2 aromatic carbocycles. The highest BCUT2D eigenvalue weighted by Gasteiger charge is 2.39. The van der Waals surface area contributed by atoms with Gasteiger partial charge in [0, 0.05) is 34.6 Å². The standard InChI is InChI=1S/C28H31FN6/c1-27(2)14-20(15-28(3,4)34-27)35-17-24(21-12-8-9-13-22(21)29)33-26(35)25-23(16-30-18-31-25)32-19-10-6-5-7-11-19/h5-13,16-18,20,32,34H,14-15H2,1-4H3. The highest BCUT2D eigenvalue weighted by atomic mass is 19.1. The molecule has 5 rings (SSSR count). The molecule has 0 radical (unpaired) electrons. The van der Waals surface area contributed by atoms with Gasteiger partial charge in [-0.1, -0.05) is 30.3 Å². The topological polar surface area (TPSA) is 67.7 Å². The second kappa shape index (κ2) is 8.89. The molecule has 1 aliphatic rings. The van der Waals surface area contributed by atoms with E-state index in [2.05, 4.69) is 52.9 Å². The zero-order valence-electron chi connectivity index (χ0n) is 20.6. The van der Waals surface area contributed by atoms with Crippen LogP contribution in [0.2, 0.25) is 0 Å². The van der Waals surface area contributed by atoms with Crippen molar-refractivity contribution in [3.8, 4) is 22.8 Å². The van der Waals surface area contributed by atoms with Crippen LogP contribution in [0.15, 0.2) is 73.3 Å². The van der Waals surface area contributed by atoms with Gasteiger partial charge in [-0.05, 0) is 64.8 Å². The molecule has 2 N–H and O–H groups in total. The van der Waals surface area contributed by atoms with Crippen molar-refractivity contribution in [1.82, 2.24) is 24.8 Å². The van der Waals surface area contributed by atoms with Gasteiger partial charge in [-0.25, -0.2) is 19.3 Å². The molecule has 1 aliphatic heterocycles. The predicted octanol–water partition coefficient (Wildman–Crippen LogP) is 6.37. The molecule has 4 aromatic rings. The maximum absolute atomic E-state index is 14.8. The lowest BCUT2D eigenvalue weighted by molar-refractivity contribution is 0.133. The van der Waals surface area contributed by atoms with Gasteiger partial charge in [0.15, 0.2) is 5.82 Å². The first-order valence-corrected chi connectivity index (χ1v) is 12.0. The smallest absolute Gasteiger partial charge is 0.161 e. The number of imidazole rings is 1. The fourth-order valence-corrected chi connectivity index (χ4v) is 5.39. The Morgan fingerprint density at radius 2 is 1.66 bits per heavy atom. The lowest BCUT2D eigenvalue weighted by Gasteiger charge is -2.47. The summed E-state index contributed by atoms with van der Waals surface area (Å²) in [7, 11) is 0. The number of nitrogens with zero attached hydrogens (tertiary/aromatic N) is 4. The molecule has 0 aliphatic carbocycles. The Balaban J connectivity index is 1.66. The van der Waals surface area contributed by atoms with Gasteiger partial charge >= 0.3 is 0 Å². The summed E-state index contributed by atoms with van der Waals surface area (Å²) >= 11 is 0. The van der Waals surface area contributed by atoms with Crippen LogP contribution < -0.4 is 10.6 Å². The fraction of sp³-hybridized carbons (Fsp3) is 0.321. The molecule has 3 heterocycles. The van der Waals surface area contributed by atoms with Crippen LogP contribution in [0.25, 0.3) is 22.8 Å². The van der Waals surface area contributed by atoms with Crippen LogP contribution in [0.5, 0.6) is 0 Å². The molecule has 7 heteroatoms. The van der Waals surface area contributed by atoms with Gasteiger partial charge in [0.1, 0.15) is 17.8 Å². The Morgan fingerprint density at radius 3 is 2.37 bits per heavy atom. The number of halogens is 1. The predicted molar refractivity (Wildman–Crippen MR) is 138 cm³/mol. The first kappa shape index (κ1) is 23.2. The maximum Gasteiger partial charge on any atom is 0.161 e. The van der Waals surface area contributed by atoms with Crippen molar-refractivity contribution in [2.24, 2.45) is 0 Å². The Bertz CT molecular complexity index is 1310. The van der Waals surface area contributed by atoms with E-state index in [1.807, 2.05) is 42.6 Å². The van der Waals surface area contributed by atoms with Gasteiger partial charge in [-0.3, -0.25) is 0 Å². The Hall–Kier alpha value is -3.58. The summed E-state index contributed by atoms with van der Waals surface area (Å²) in [6.45, 7) is 8.90. The van der Waals surface area contributed by atoms with Gasteiger partial charge in [0.05, 0.1) is 17.6 Å². The molecule has 0 unspecified atom stereocenters. The quantitative estimate of drug-likeness (QED) is 0.355. The average molecular weight is 471 g/mol. The van der Waals surface area contributed by atoms with E-state index in [-0.39, 0.29) is 22.9 Å². The van der Waals surface area contributed by atoms with Gasteiger partial charge in [0.25, 0.3) is 0 Å². The number of nitrogens with one attached hydrogen (secondary N) is 2. The molecule has 0 saturated carbocycles. The molecular formula is C28H31FN6. The third-order valence-electron chi connectivity index (χ3n) is 6.42. The van der Waals surface area contributed by atoms with Crippen LogP contribution in [0.1, 0.15) is 46.6 Å². The summed E-state index contributed by atoms with van der Waals surface area (Å²) in [5.41, 5.74) is 3.30. The molecule has 180 valence electrons. The van der Waals surface area contributed by atoms with Crippen molar-refractivity contribution in [3.05, 3.63) is 79.1 Å². The second-order valence-corrected chi connectivity index (χ2v) is 10.6. The van der Waals surface area contributed by atoms with Gasteiger partial charge in [-0.15, -0.1) is 0 Å². The first-order valence-electron chi connectivity index (χ1n) is 12.0. The van der Waals surface area contributed by atoms with Crippen molar-refractivity contribution in [2.75, 3.05) is 5.32 Å². The third kappa shape index (κ3) is 4.95. The maximum atomic E-state index is 14.8. The highest BCUT2D eigenvalue weighted by Crippen LogP contribution is 2.40. The van der Waals surface area contributed by atoms with Crippen molar-refractivity contribution >= 4 is 11.4 Å². The summed E-state index contributed by atoms with van der Waals surface area (Å²) < 4.78 is 17.0. The van der Waals surface area contributed by atoms with Gasteiger partial charge in [0.2, 0.25) is 0 Å². The van der Waals surface area contributed by atoms with E-state index in [4.69, 9.17) is 4.98 Å². The Morgan fingerprint density at radius 1 is 0.971 bits per heavy atom. The largest absolute Gasteiger partial charge is 0.352 e. The van der Waals surface area contributed by atoms with E-state index < -0.39 is 0 Å². The molecular weight excluding hydrogens is 439 g/mol. The van der Waals surface area contributed by atoms with E-state index in [9.17, 15) is 4.39 Å². The number of benzene rings is 2. The Kier molecular flexibility index (Phi) is 5.89. The Labute approximate surface area is 205 Å². The third-order valence-corrected chi connectivity index (χ3v) is 6.42. The lowest BCUT2D eigenvalue weighted by Crippen LogP contribution is -2.57. The average Bonchev–Trinajstić information content (AvgIpc) is 3.24. The number of hydrogen-bond donors (Lipinski definition) is 2. The van der Waals surface area contributed by atoms with Crippen molar-refractivity contribution in [1.29, 1.82) is 0 Å². The van der Waals surface area contributed by atoms with Crippen molar-refractivity contribution in [3.63, 3.8) is 0 Å². The lowest BCUT2D eigenvalue weighted by atomic mass is 9.79. The zero-order valence-corrected chi connectivity index (χ0v) is 20.6. The summed E-state index contributed by atoms with van der Waals surface area (Å²) in [6, 6.07) is 16.8. The number of hydrogen-bond acceptors (Lipinski definition) is 5. The van der Waals surface area contributed by atoms with E-state index in [0.29, 0.717) is 22.8 Å². The zero-order chi connectivity index (χ0) is 24.6. The molecule has 1 fully saturated rings. The minimum absolute atomic E-state index is 0.0666. The van der Waals surface area contributed by atoms with Crippen LogP contribution in [0.3, 0.4) is 0 Å². The fourth-order valence-electron chi connectivity index (χ4n) is 5.39. The van der Waals surface area contributed by atoms with Gasteiger partial charge in [-0.2, -0.15) is 0 Å². The van der Waals surface area contributed by atoms with Crippen LogP contribution in [0.4, 0.5) is 15.8 Å². The second-order valence-electron chi connectivity index (χ2n) is 10.6. The molecule has 0 bridgehead atoms. The van der Waals surface area contributed by atoms with E-state index in [0.717, 1.165) is 24.2 Å². The minimum Gasteiger partial charge on any atom is -0.352 e. The van der Waals surface area contributed by atoms with Gasteiger partial charge < -0.3 is 15.2 Å². The normalized spacial score (nSPS) is 17.3. The number of piperidine rings is 1. The van der Waals surface area contributed by atoms with Crippen LogP contribution in [0, 0.1) is 5.82 Å². The molecule has 35 heavy (non-hydrogen) atoms. The monoisotopic (exact) mass is 470 g/mol. The summed E-state index contributed by atoms with van der Waals surface area (Å²) in [4.78, 5) is 13.8. The van der Waals surface area contributed by atoms with E-state index in [1.54, 1.807) is 18.3 Å². The highest BCUT2D eigenvalue weighted by molar-refractivity contribution is 5.75. The van der Waals surface area contributed by atoms with E-state index >= 15 is 0 Å². The molecule has 6 nitrogen and oxygen atoms in total. The van der Waals surface area contributed by atoms with Crippen molar-refractivity contribution < 1.29 is 4.39 Å². The SMILES string of the molecule is CC1(C)CC(n2cc(-c3ccccc3F)nc2-c2ncncc2Nc2ccccc2)CC(C)(C)N1. The first-order chi connectivity index (χ1) is 16.7. The summed E-state index contributed by atoms with van der Waals surface area (Å²) in [5.74, 6) is 0.405. The number of aromatic nitrogens is 4. The molecule has 0 amide bonds. The minimum atomic E-state index is -0.292. The van der Waals surface area contributed by atoms with E-state index in [1.165, 1.54) is 12.4 Å². The molecule has 1 saturated heterocycles. The van der Waals surface area contributed by atoms with Crippen LogP contribution >= 0.6 is 0 Å². The summed E-state index contributed by atoms with van der Waals surface area (Å²) in [6.07, 6.45) is 7.08. The molecule has 0 atom stereocenters. The number of rotatable bonds is 5. The molecule has 0 spiro atoms. The van der Waals surface area contributed by atoms with Crippen LogP contribution in [-0.4, -0.2) is 30.6 Å². The number of para-hydroxylation sites is 1. The van der Waals surface area contributed by atoms with Crippen molar-refractivity contribution in [2.45, 2.75) is 57.7 Å².